The molecule has 146 valence electrons. The van der Waals surface area contributed by atoms with E-state index in [1.54, 1.807) is 16.8 Å². The molecule has 1 fully saturated rings. The second kappa shape index (κ2) is 8.39. The molecule has 1 aliphatic heterocycles. The van der Waals surface area contributed by atoms with Gasteiger partial charge in [-0.05, 0) is 43.8 Å². The summed E-state index contributed by atoms with van der Waals surface area (Å²) in [6.07, 6.45) is 1.36. The van der Waals surface area contributed by atoms with E-state index in [1.165, 1.54) is 18.2 Å². The largest absolute Gasteiger partial charge is 0.353 e. The van der Waals surface area contributed by atoms with Crippen LogP contribution in [0.1, 0.15) is 17.0 Å². The molecule has 7 nitrogen and oxygen atoms in total. The molecule has 3 rings (SSSR count). The highest BCUT2D eigenvalue weighted by Crippen LogP contribution is 2.32. The fraction of sp³-hybridized carbons (Fsp3) is 0.263. The molecule has 1 aromatic carbocycles. The summed E-state index contributed by atoms with van der Waals surface area (Å²) in [6.45, 7) is 3.94. The number of nitrogens with one attached hydrogen (secondary N) is 1. The fourth-order valence-electron chi connectivity index (χ4n) is 2.76. The summed E-state index contributed by atoms with van der Waals surface area (Å²) in [4.78, 5) is 37.7. The number of rotatable bonds is 6. The maximum atomic E-state index is 13.7. The first kappa shape index (κ1) is 19.8. The number of carbonyl (C=O) groups is 3. The third-order valence-corrected chi connectivity index (χ3v) is 5.03. The van der Waals surface area contributed by atoms with Gasteiger partial charge in [-0.1, -0.05) is 18.2 Å². The average molecular weight is 402 g/mol. The molecular weight excluding hydrogens is 383 g/mol. The second-order valence-corrected chi connectivity index (χ2v) is 7.28. The first-order valence-corrected chi connectivity index (χ1v) is 9.44. The van der Waals surface area contributed by atoms with Crippen LogP contribution >= 0.6 is 11.8 Å². The van der Waals surface area contributed by atoms with Gasteiger partial charge in [-0.2, -0.15) is 5.10 Å². The Bertz CT molecular complexity index is 970. The fourth-order valence-corrected chi connectivity index (χ4v) is 3.62. The Morgan fingerprint density at radius 3 is 2.71 bits per heavy atom. The van der Waals surface area contributed by atoms with Crippen molar-refractivity contribution in [1.29, 1.82) is 0 Å². The Balaban J connectivity index is 1.55. The number of hydrogen-bond donors (Lipinski definition) is 1. The van der Waals surface area contributed by atoms with Gasteiger partial charge in [0, 0.05) is 24.3 Å². The van der Waals surface area contributed by atoms with Crippen LogP contribution in [0.25, 0.3) is 6.08 Å². The minimum Gasteiger partial charge on any atom is -0.353 e. The van der Waals surface area contributed by atoms with Crippen LogP contribution in [0.15, 0.2) is 35.2 Å². The highest BCUT2D eigenvalue weighted by atomic mass is 32.2. The summed E-state index contributed by atoms with van der Waals surface area (Å²) in [7, 11) is 0. The van der Waals surface area contributed by atoms with Crippen molar-refractivity contribution in [3.05, 3.63) is 58.0 Å². The molecule has 0 unspecified atom stereocenters. The number of hydrogen-bond acceptors (Lipinski definition) is 5. The molecule has 3 amide bonds. The van der Waals surface area contributed by atoms with Crippen LogP contribution in [0.3, 0.4) is 0 Å². The molecule has 0 saturated carbocycles. The van der Waals surface area contributed by atoms with Gasteiger partial charge in [0.15, 0.2) is 0 Å². The molecule has 9 heteroatoms. The Morgan fingerprint density at radius 2 is 2.04 bits per heavy atom. The van der Waals surface area contributed by atoms with E-state index in [0.29, 0.717) is 0 Å². The highest BCUT2D eigenvalue weighted by molar-refractivity contribution is 8.18. The third-order valence-electron chi connectivity index (χ3n) is 4.12. The predicted octanol–water partition coefficient (Wildman–Crippen LogP) is 2.49. The zero-order chi connectivity index (χ0) is 20.3. The first-order chi connectivity index (χ1) is 13.3. The number of imide groups is 1. The van der Waals surface area contributed by atoms with Gasteiger partial charge in [-0.25, -0.2) is 4.39 Å². The minimum absolute atomic E-state index is 0.0438. The van der Waals surface area contributed by atoms with Crippen molar-refractivity contribution in [3.63, 3.8) is 0 Å². The quantitative estimate of drug-likeness (QED) is 0.751. The summed E-state index contributed by atoms with van der Waals surface area (Å²) in [5.41, 5.74) is 1.94. The van der Waals surface area contributed by atoms with Gasteiger partial charge >= 0.3 is 0 Å². The Hall–Kier alpha value is -2.94. The Kier molecular flexibility index (Phi) is 5.93. The van der Waals surface area contributed by atoms with E-state index in [1.807, 2.05) is 19.9 Å². The molecular formula is C19H19FN4O3S. The summed E-state index contributed by atoms with van der Waals surface area (Å²) in [5, 5.41) is 6.44. The van der Waals surface area contributed by atoms with Crippen molar-refractivity contribution in [3.8, 4) is 0 Å². The zero-order valence-corrected chi connectivity index (χ0v) is 16.3. The molecule has 1 aromatic heterocycles. The second-order valence-electron chi connectivity index (χ2n) is 6.29. The Labute approximate surface area is 165 Å². The number of benzene rings is 1. The van der Waals surface area contributed by atoms with Crippen LogP contribution in [-0.4, -0.2) is 44.8 Å². The molecule has 2 aromatic rings. The van der Waals surface area contributed by atoms with Crippen molar-refractivity contribution in [2.75, 3.05) is 13.1 Å². The topological polar surface area (TPSA) is 84.3 Å². The normalized spacial score (nSPS) is 15.5. The molecule has 0 spiro atoms. The maximum absolute atomic E-state index is 13.7. The van der Waals surface area contributed by atoms with Gasteiger partial charge in [-0.15, -0.1) is 0 Å². The van der Waals surface area contributed by atoms with Gasteiger partial charge in [-0.3, -0.25) is 24.0 Å². The first-order valence-electron chi connectivity index (χ1n) is 8.63. The van der Waals surface area contributed by atoms with Crippen LogP contribution in [0.4, 0.5) is 9.18 Å². The van der Waals surface area contributed by atoms with Gasteiger partial charge in [0.1, 0.15) is 12.4 Å². The predicted molar refractivity (Wildman–Crippen MR) is 104 cm³/mol. The molecule has 1 N–H and O–H groups in total. The average Bonchev–Trinajstić information content (AvgIpc) is 3.09. The van der Waals surface area contributed by atoms with Gasteiger partial charge in [0.2, 0.25) is 5.91 Å². The van der Waals surface area contributed by atoms with Crippen molar-refractivity contribution < 1.29 is 18.8 Å². The summed E-state index contributed by atoms with van der Waals surface area (Å²) < 4.78 is 15.3. The van der Waals surface area contributed by atoms with Gasteiger partial charge in [0.25, 0.3) is 11.1 Å². The van der Waals surface area contributed by atoms with Crippen LogP contribution in [0.2, 0.25) is 0 Å². The van der Waals surface area contributed by atoms with E-state index in [2.05, 4.69) is 10.4 Å². The number of carbonyl (C=O) groups excluding carboxylic acids is 3. The number of nitrogens with zero attached hydrogens (tertiary/aromatic N) is 3. The molecule has 0 radical (unpaired) electrons. The van der Waals surface area contributed by atoms with Gasteiger partial charge < -0.3 is 5.32 Å². The van der Waals surface area contributed by atoms with E-state index in [0.717, 1.165) is 28.0 Å². The zero-order valence-electron chi connectivity index (χ0n) is 15.4. The number of thioether (sulfide) groups is 1. The molecule has 0 atom stereocenters. The van der Waals surface area contributed by atoms with Crippen molar-refractivity contribution in [1.82, 2.24) is 20.0 Å². The molecule has 1 saturated heterocycles. The van der Waals surface area contributed by atoms with E-state index < -0.39 is 17.0 Å². The lowest BCUT2D eigenvalue weighted by atomic mass is 10.2. The van der Waals surface area contributed by atoms with E-state index in [4.69, 9.17) is 0 Å². The van der Waals surface area contributed by atoms with Crippen molar-refractivity contribution >= 4 is 34.9 Å². The summed E-state index contributed by atoms with van der Waals surface area (Å²) in [6, 6.07) is 7.89. The monoisotopic (exact) mass is 402 g/mol. The lowest BCUT2D eigenvalue weighted by Crippen LogP contribution is -2.38. The SMILES string of the molecule is Cc1cc(C)n(CC(=O)NCCN2C(=O)S/C(=C\c3ccccc3F)C2=O)n1. The van der Waals surface area contributed by atoms with Crippen LogP contribution < -0.4 is 5.32 Å². The van der Waals surface area contributed by atoms with Crippen molar-refractivity contribution in [2.24, 2.45) is 0 Å². The number of aromatic nitrogens is 2. The van der Waals surface area contributed by atoms with Crippen LogP contribution in [-0.2, 0) is 16.1 Å². The lowest BCUT2D eigenvalue weighted by Gasteiger charge is -2.13. The smallest absolute Gasteiger partial charge is 0.293 e. The molecule has 0 aliphatic carbocycles. The maximum Gasteiger partial charge on any atom is 0.293 e. The molecule has 28 heavy (non-hydrogen) atoms. The Morgan fingerprint density at radius 1 is 1.29 bits per heavy atom. The molecule has 2 heterocycles. The number of halogens is 1. The molecule has 1 aliphatic rings. The van der Waals surface area contributed by atoms with E-state index >= 15 is 0 Å². The van der Waals surface area contributed by atoms with Crippen LogP contribution in [0, 0.1) is 19.7 Å². The van der Waals surface area contributed by atoms with Crippen LogP contribution in [0.5, 0.6) is 0 Å². The lowest BCUT2D eigenvalue weighted by molar-refractivity contribution is -0.124. The summed E-state index contributed by atoms with van der Waals surface area (Å²) in [5.74, 6) is -1.23. The molecule has 0 bridgehead atoms. The number of amides is 3. The highest BCUT2D eigenvalue weighted by Gasteiger charge is 2.34. The van der Waals surface area contributed by atoms with Crippen molar-refractivity contribution in [2.45, 2.75) is 20.4 Å². The third kappa shape index (κ3) is 4.48. The number of aryl methyl sites for hydroxylation is 2. The van der Waals surface area contributed by atoms with E-state index in [9.17, 15) is 18.8 Å². The van der Waals surface area contributed by atoms with E-state index in [-0.39, 0.29) is 36.0 Å². The minimum atomic E-state index is -0.494. The standard InChI is InChI=1S/C19H19FN4O3S/c1-12-9-13(2)24(22-12)11-17(25)21-7-8-23-18(26)16(28-19(23)27)10-14-5-3-4-6-15(14)20/h3-6,9-10H,7-8,11H2,1-2H3,(H,21,25)/b16-10-. The summed E-state index contributed by atoms with van der Waals surface area (Å²) >= 11 is 0.757. The van der Waals surface area contributed by atoms with Gasteiger partial charge in [0.05, 0.1) is 10.6 Å².